The maximum Gasteiger partial charge on any atom is 0.307 e. The number of aryl methyl sites for hydroxylation is 1. The number of fused-ring (bicyclic) bond motifs is 2. The lowest BCUT2D eigenvalue weighted by Crippen LogP contribution is -2.38. The molecule has 2 heterocycles. The minimum atomic E-state index is -0.950. The molecule has 0 radical (unpaired) electrons. The zero-order valence-electron chi connectivity index (χ0n) is 17.7. The van der Waals surface area contributed by atoms with Crippen molar-refractivity contribution in [2.24, 2.45) is 30.7 Å². The molecule has 164 valence electrons. The Bertz CT molecular complexity index is 1050. The normalized spacial score (nSPS) is 24.3. The van der Waals surface area contributed by atoms with Gasteiger partial charge >= 0.3 is 5.97 Å². The van der Waals surface area contributed by atoms with Crippen LogP contribution in [0.3, 0.4) is 0 Å². The monoisotopic (exact) mass is 426 g/mol. The number of furan rings is 1. The Morgan fingerprint density at radius 2 is 1.94 bits per heavy atom. The standard InChI is InChI=1S/C22H26N4O5/c1-11(2)16-13-6-7-14(16)18(22(29)30)17(13)20(27)24-15-10-26(3)25-19(15)21(28)23-9-12-5-4-8-31-12/h4-5,8,10,13-14,17-18H,6-7,9H2,1-3H3,(H,23,28)(H,24,27)(H,29,30)/t13-,14-,17-,18+/m1/s1. The highest BCUT2D eigenvalue weighted by Gasteiger charge is 2.57. The number of carboxylic acid groups (broad SMARTS) is 1. The van der Waals surface area contributed by atoms with Crippen molar-refractivity contribution in [3.8, 4) is 0 Å². The fraction of sp³-hybridized carbons (Fsp3) is 0.455. The lowest BCUT2D eigenvalue weighted by molar-refractivity contribution is -0.148. The lowest BCUT2D eigenvalue weighted by atomic mass is 9.78. The molecule has 3 N–H and O–H groups in total. The highest BCUT2D eigenvalue weighted by atomic mass is 16.4. The summed E-state index contributed by atoms with van der Waals surface area (Å²) in [7, 11) is 1.65. The molecule has 2 saturated carbocycles. The van der Waals surface area contributed by atoms with Crippen molar-refractivity contribution >= 4 is 23.5 Å². The first-order valence-corrected chi connectivity index (χ1v) is 10.3. The second-order valence-corrected chi connectivity index (χ2v) is 8.45. The summed E-state index contributed by atoms with van der Waals surface area (Å²) in [5.74, 6) is -2.80. The molecule has 9 nitrogen and oxygen atoms in total. The van der Waals surface area contributed by atoms with E-state index in [1.54, 1.807) is 25.4 Å². The van der Waals surface area contributed by atoms with Crippen molar-refractivity contribution < 1.29 is 23.9 Å². The summed E-state index contributed by atoms with van der Waals surface area (Å²) in [5, 5.41) is 19.5. The van der Waals surface area contributed by atoms with Gasteiger partial charge in [0, 0.05) is 13.2 Å². The summed E-state index contributed by atoms with van der Waals surface area (Å²) in [4.78, 5) is 37.9. The number of carboxylic acids is 1. The van der Waals surface area contributed by atoms with Gasteiger partial charge < -0.3 is 20.2 Å². The second-order valence-electron chi connectivity index (χ2n) is 8.45. The number of nitrogens with one attached hydrogen (secondary N) is 2. The number of aromatic nitrogens is 2. The fourth-order valence-corrected chi connectivity index (χ4v) is 5.23. The van der Waals surface area contributed by atoms with Crippen LogP contribution in [0.2, 0.25) is 0 Å². The van der Waals surface area contributed by atoms with Gasteiger partial charge in [0.15, 0.2) is 5.69 Å². The van der Waals surface area contributed by atoms with Gasteiger partial charge in [0.05, 0.1) is 30.3 Å². The number of hydrogen-bond acceptors (Lipinski definition) is 5. The minimum absolute atomic E-state index is 0.0693. The van der Waals surface area contributed by atoms with Crippen molar-refractivity contribution in [1.82, 2.24) is 15.1 Å². The predicted octanol–water partition coefficient (Wildman–Crippen LogP) is 2.57. The lowest BCUT2D eigenvalue weighted by Gasteiger charge is -2.26. The summed E-state index contributed by atoms with van der Waals surface area (Å²) in [6, 6.07) is 3.46. The number of carbonyl (C=O) groups excluding carboxylic acids is 2. The molecule has 0 spiro atoms. The topological polar surface area (TPSA) is 126 Å². The molecule has 2 amide bonds. The van der Waals surface area contributed by atoms with E-state index in [2.05, 4.69) is 15.7 Å². The van der Waals surface area contributed by atoms with Gasteiger partial charge in [0.1, 0.15) is 5.76 Å². The van der Waals surface area contributed by atoms with Crippen LogP contribution in [0.25, 0.3) is 0 Å². The maximum atomic E-state index is 13.2. The fourth-order valence-electron chi connectivity index (χ4n) is 5.23. The van der Waals surface area contributed by atoms with Crippen LogP contribution in [0, 0.1) is 23.7 Å². The molecule has 2 aliphatic rings. The summed E-state index contributed by atoms with van der Waals surface area (Å²) in [6.07, 6.45) is 4.66. The Balaban J connectivity index is 1.54. The highest BCUT2D eigenvalue weighted by molar-refractivity contribution is 6.03. The number of allylic oxidation sites excluding steroid dienone is 2. The van der Waals surface area contributed by atoms with Crippen LogP contribution >= 0.6 is 0 Å². The number of hydrogen-bond donors (Lipinski definition) is 3. The first kappa shape index (κ1) is 20.9. The molecule has 4 atom stereocenters. The maximum absolute atomic E-state index is 13.2. The van der Waals surface area contributed by atoms with Crippen molar-refractivity contribution in [2.75, 3.05) is 5.32 Å². The van der Waals surface area contributed by atoms with Gasteiger partial charge in [-0.3, -0.25) is 19.1 Å². The van der Waals surface area contributed by atoms with E-state index in [0.29, 0.717) is 5.76 Å². The molecular formula is C22H26N4O5. The van der Waals surface area contributed by atoms with E-state index in [-0.39, 0.29) is 35.7 Å². The molecule has 31 heavy (non-hydrogen) atoms. The van der Waals surface area contributed by atoms with Crippen LogP contribution in [0.5, 0.6) is 0 Å². The van der Waals surface area contributed by atoms with Gasteiger partial charge in [-0.25, -0.2) is 0 Å². The molecule has 0 aromatic carbocycles. The molecule has 0 aliphatic heterocycles. The smallest absolute Gasteiger partial charge is 0.307 e. The molecule has 0 saturated heterocycles. The van der Waals surface area contributed by atoms with E-state index in [0.717, 1.165) is 24.0 Å². The quantitative estimate of drug-likeness (QED) is 0.610. The number of aliphatic carboxylic acids is 1. The van der Waals surface area contributed by atoms with Crippen LogP contribution in [-0.4, -0.2) is 32.7 Å². The third-order valence-corrected chi connectivity index (χ3v) is 6.31. The Hall–Kier alpha value is -3.36. The van der Waals surface area contributed by atoms with E-state index in [1.807, 2.05) is 13.8 Å². The van der Waals surface area contributed by atoms with Gasteiger partial charge in [-0.2, -0.15) is 5.10 Å². The molecule has 0 unspecified atom stereocenters. The van der Waals surface area contributed by atoms with Gasteiger partial charge in [0.2, 0.25) is 5.91 Å². The summed E-state index contributed by atoms with van der Waals surface area (Å²) in [6.45, 7) is 4.14. The van der Waals surface area contributed by atoms with Crippen LogP contribution in [0.1, 0.15) is 42.9 Å². The first-order chi connectivity index (χ1) is 14.8. The molecule has 9 heteroatoms. The number of amides is 2. The van der Waals surface area contributed by atoms with Crippen molar-refractivity contribution in [3.05, 3.63) is 47.2 Å². The molecule has 2 aromatic rings. The zero-order chi connectivity index (χ0) is 22.3. The summed E-state index contributed by atoms with van der Waals surface area (Å²) >= 11 is 0. The Kier molecular flexibility index (Phi) is 5.43. The molecule has 2 bridgehead atoms. The van der Waals surface area contributed by atoms with Crippen LogP contribution in [0.4, 0.5) is 5.69 Å². The number of carbonyl (C=O) groups is 3. The van der Waals surface area contributed by atoms with Crippen molar-refractivity contribution in [2.45, 2.75) is 33.2 Å². The van der Waals surface area contributed by atoms with Gasteiger partial charge in [-0.05, 0) is 50.7 Å². The average molecular weight is 426 g/mol. The van der Waals surface area contributed by atoms with E-state index in [4.69, 9.17) is 4.42 Å². The number of anilines is 1. The minimum Gasteiger partial charge on any atom is -0.481 e. The molecule has 4 rings (SSSR count). The van der Waals surface area contributed by atoms with Gasteiger partial charge in [-0.15, -0.1) is 0 Å². The van der Waals surface area contributed by atoms with Crippen LogP contribution in [-0.2, 0) is 23.2 Å². The number of rotatable bonds is 6. The van der Waals surface area contributed by atoms with E-state index in [1.165, 1.54) is 10.9 Å². The van der Waals surface area contributed by atoms with Crippen molar-refractivity contribution in [3.63, 3.8) is 0 Å². The van der Waals surface area contributed by atoms with E-state index < -0.39 is 23.7 Å². The third kappa shape index (κ3) is 3.75. The largest absolute Gasteiger partial charge is 0.481 e. The molecular weight excluding hydrogens is 400 g/mol. The van der Waals surface area contributed by atoms with Gasteiger partial charge in [0.25, 0.3) is 5.91 Å². The summed E-state index contributed by atoms with van der Waals surface area (Å²) in [5.41, 5.74) is 2.53. The summed E-state index contributed by atoms with van der Waals surface area (Å²) < 4.78 is 6.65. The predicted molar refractivity (Wildman–Crippen MR) is 111 cm³/mol. The zero-order valence-corrected chi connectivity index (χ0v) is 17.7. The number of nitrogens with zero attached hydrogens (tertiary/aromatic N) is 2. The van der Waals surface area contributed by atoms with Crippen LogP contribution < -0.4 is 10.6 Å². The van der Waals surface area contributed by atoms with E-state index >= 15 is 0 Å². The first-order valence-electron chi connectivity index (χ1n) is 10.3. The molecule has 2 aliphatic carbocycles. The third-order valence-electron chi connectivity index (χ3n) is 6.31. The SMILES string of the molecule is CC(C)=C1[C@H]2CC[C@H]1[C@@H](C(=O)Nc1cn(C)nc1C(=O)NCc1ccco1)[C@H]2C(=O)O. The van der Waals surface area contributed by atoms with E-state index in [9.17, 15) is 19.5 Å². The van der Waals surface area contributed by atoms with Crippen LogP contribution in [0.15, 0.2) is 40.2 Å². The average Bonchev–Trinajstić information content (AvgIpc) is 3.48. The molecule has 2 fully saturated rings. The Morgan fingerprint density at radius 1 is 1.23 bits per heavy atom. The Morgan fingerprint density at radius 3 is 2.55 bits per heavy atom. The van der Waals surface area contributed by atoms with Crippen molar-refractivity contribution in [1.29, 1.82) is 0 Å². The van der Waals surface area contributed by atoms with Gasteiger partial charge in [-0.1, -0.05) is 11.1 Å². The highest BCUT2D eigenvalue weighted by Crippen LogP contribution is 2.57. The Labute approximate surface area is 179 Å². The second kappa shape index (κ2) is 8.05. The molecule has 2 aromatic heterocycles.